The largest absolute Gasteiger partial charge is 0.363 e. The fourth-order valence-electron chi connectivity index (χ4n) is 5.93. The number of piperidine rings is 1. The number of hydrogen-bond donors (Lipinski definition) is 4. The van der Waals surface area contributed by atoms with Crippen LogP contribution in [0.5, 0.6) is 0 Å². The van der Waals surface area contributed by atoms with Gasteiger partial charge in [-0.05, 0) is 47.8 Å². The van der Waals surface area contributed by atoms with Gasteiger partial charge in [0.15, 0.2) is 0 Å². The van der Waals surface area contributed by atoms with Crippen LogP contribution in [0.1, 0.15) is 100 Å². The molecule has 0 aromatic heterocycles. The lowest BCUT2D eigenvalue weighted by atomic mass is 9.81. The number of carbonyl (C=O) groups is 6. The number of carbonyl (C=O) groups excluding carboxylic acids is 6. The molecule has 2 aliphatic heterocycles. The minimum atomic E-state index is -1.10. The van der Waals surface area contributed by atoms with Gasteiger partial charge in [0.25, 0.3) is 5.91 Å². The van der Waals surface area contributed by atoms with Gasteiger partial charge in [-0.25, -0.2) is 4.79 Å². The SMILES string of the molecule is CC1(C)CCN(CC(NC(=O)NC(C(=O)N2CCCC2C(=O)NC(CC2CC2)C(=O)C(N)=O)C(C)(C)C)C(C)(C)C)C(=O)C1. The Hall–Kier alpha value is -3.18. The molecule has 5 N–H and O–H groups in total. The number of nitrogens with zero attached hydrogens (tertiary/aromatic N) is 2. The van der Waals surface area contributed by atoms with Gasteiger partial charge in [-0.15, -0.1) is 0 Å². The van der Waals surface area contributed by atoms with E-state index in [1.165, 1.54) is 4.90 Å². The minimum Gasteiger partial charge on any atom is -0.363 e. The summed E-state index contributed by atoms with van der Waals surface area (Å²) in [5.74, 6) is -2.51. The Morgan fingerprint density at radius 1 is 0.932 bits per heavy atom. The van der Waals surface area contributed by atoms with E-state index in [9.17, 15) is 28.8 Å². The van der Waals surface area contributed by atoms with Crippen LogP contribution >= 0.6 is 0 Å². The highest BCUT2D eigenvalue weighted by Gasteiger charge is 2.44. The van der Waals surface area contributed by atoms with Crippen LogP contribution in [-0.2, 0) is 24.0 Å². The van der Waals surface area contributed by atoms with Crippen molar-refractivity contribution in [2.24, 2.45) is 27.9 Å². The Bertz CT molecular complexity index is 1140. The van der Waals surface area contributed by atoms with Gasteiger partial charge in [0.05, 0.1) is 12.1 Å². The van der Waals surface area contributed by atoms with E-state index < -0.39 is 53.1 Å². The number of nitrogens with one attached hydrogen (secondary N) is 3. The number of hydrogen-bond acceptors (Lipinski definition) is 6. The summed E-state index contributed by atoms with van der Waals surface area (Å²) in [6.45, 7) is 17.0. The van der Waals surface area contributed by atoms with E-state index in [0.29, 0.717) is 45.3 Å². The second-order valence-corrected chi connectivity index (χ2v) is 15.9. The second kappa shape index (κ2) is 13.4. The maximum atomic E-state index is 14.0. The second-order valence-electron chi connectivity index (χ2n) is 15.9. The Morgan fingerprint density at radius 3 is 2.09 bits per heavy atom. The highest BCUT2D eigenvalue weighted by molar-refractivity contribution is 6.37. The molecule has 3 fully saturated rings. The Morgan fingerprint density at radius 2 is 1.57 bits per heavy atom. The van der Waals surface area contributed by atoms with E-state index in [1.807, 2.05) is 41.5 Å². The molecule has 12 nitrogen and oxygen atoms in total. The predicted octanol–water partition coefficient (Wildman–Crippen LogP) is 2.09. The maximum absolute atomic E-state index is 14.0. The van der Waals surface area contributed by atoms with E-state index in [1.54, 1.807) is 4.90 Å². The van der Waals surface area contributed by atoms with Crippen LogP contribution < -0.4 is 21.7 Å². The van der Waals surface area contributed by atoms with Crippen molar-refractivity contribution >= 4 is 35.4 Å². The van der Waals surface area contributed by atoms with Crippen molar-refractivity contribution in [1.29, 1.82) is 0 Å². The van der Waals surface area contributed by atoms with Crippen molar-refractivity contribution in [2.45, 2.75) is 125 Å². The van der Waals surface area contributed by atoms with Crippen molar-refractivity contribution < 1.29 is 28.8 Å². The molecule has 44 heavy (non-hydrogen) atoms. The molecule has 0 aromatic rings. The maximum Gasteiger partial charge on any atom is 0.315 e. The first-order chi connectivity index (χ1) is 20.2. The Balaban J connectivity index is 1.71. The van der Waals surface area contributed by atoms with E-state index in [2.05, 4.69) is 29.8 Å². The summed E-state index contributed by atoms with van der Waals surface area (Å²) in [4.78, 5) is 80.9. The summed E-state index contributed by atoms with van der Waals surface area (Å²) < 4.78 is 0. The number of rotatable bonds is 11. The number of amides is 6. The third kappa shape index (κ3) is 9.41. The first-order valence-corrected chi connectivity index (χ1v) is 16.0. The molecule has 4 unspecified atom stereocenters. The molecule has 0 radical (unpaired) electrons. The topological polar surface area (TPSA) is 171 Å². The van der Waals surface area contributed by atoms with Crippen molar-refractivity contribution in [2.75, 3.05) is 19.6 Å². The van der Waals surface area contributed by atoms with E-state index >= 15 is 0 Å². The van der Waals surface area contributed by atoms with E-state index in [4.69, 9.17) is 5.73 Å². The monoisotopic (exact) mass is 618 g/mol. The fourth-order valence-corrected chi connectivity index (χ4v) is 5.93. The van der Waals surface area contributed by atoms with Crippen molar-refractivity contribution in [3.8, 4) is 0 Å². The first-order valence-electron chi connectivity index (χ1n) is 16.0. The van der Waals surface area contributed by atoms with Crippen molar-refractivity contribution in [3.63, 3.8) is 0 Å². The zero-order valence-corrected chi connectivity index (χ0v) is 27.9. The summed E-state index contributed by atoms with van der Waals surface area (Å²) in [5.41, 5.74) is 4.12. The van der Waals surface area contributed by atoms with Gasteiger partial charge >= 0.3 is 6.03 Å². The molecular weight excluding hydrogens is 564 g/mol. The number of urea groups is 1. The number of Topliss-reactive ketones (excluding diaryl/α,β-unsaturated/α-hetero) is 1. The normalized spacial score (nSPS) is 22.5. The van der Waals surface area contributed by atoms with E-state index in [-0.39, 0.29) is 28.7 Å². The lowest BCUT2D eigenvalue weighted by Gasteiger charge is -2.41. The van der Waals surface area contributed by atoms with Crippen LogP contribution in [0, 0.1) is 22.2 Å². The first kappa shape index (κ1) is 35.3. The third-order valence-corrected chi connectivity index (χ3v) is 9.16. The molecule has 2 saturated heterocycles. The molecule has 6 amide bonds. The average Bonchev–Trinajstić information content (AvgIpc) is 3.56. The molecule has 1 aliphatic carbocycles. The van der Waals surface area contributed by atoms with Gasteiger partial charge in [-0.2, -0.15) is 0 Å². The summed E-state index contributed by atoms with van der Waals surface area (Å²) in [6.07, 6.45) is 4.51. The number of nitrogens with two attached hydrogens (primary N) is 1. The number of likely N-dealkylation sites (tertiary alicyclic amines) is 2. The molecule has 0 bridgehead atoms. The summed E-state index contributed by atoms with van der Waals surface area (Å²) in [6, 6.07) is -3.71. The van der Waals surface area contributed by atoms with Gasteiger partial charge in [-0.1, -0.05) is 68.2 Å². The lowest BCUT2D eigenvalue weighted by molar-refractivity contribution is -0.143. The molecule has 1 saturated carbocycles. The standard InChI is InChI=1S/C32H54N6O6/c1-30(2,3)22(18-37-15-13-32(7,8)17-23(37)39)35-29(44)36-25(31(4,5)6)28(43)38-14-9-10-21(38)27(42)34-20(16-19-11-12-19)24(40)26(33)41/h19-22,25H,9-18H2,1-8H3,(H2,33,41)(H,34,42)(H2,35,36,44). The molecular formula is C32H54N6O6. The predicted molar refractivity (Wildman–Crippen MR) is 166 cm³/mol. The minimum absolute atomic E-state index is 0.0459. The number of ketones is 1. The summed E-state index contributed by atoms with van der Waals surface area (Å²) in [5, 5.41) is 8.59. The quantitative estimate of drug-likeness (QED) is 0.258. The molecule has 0 spiro atoms. The van der Waals surface area contributed by atoms with Crippen LogP contribution in [0.15, 0.2) is 0 Å². The van der Waals surface area contributed by atoms with Gasteiger partial charge in [0, 0.05) is 26.1 Å². The molecule has 12 heteroatoms. The molecule has 4 atom stereocenters. The van der Waals surface area contributed by atoms with E-state index in [0.717, 1.165) is 19.3 Å². The van der Waals surface area contributed by atoms with Crippen molar-refractivity contribution in [1.82, 2.24) is 25.8 Å². The molecule has 248 valence electrons. The molecule has 3 aliphatic rings. The zero-order valence-electron chi connectivity index (χ0n) is 27.9. The van der Waals surface area contributed by atoms with Crippen LogP contribution in [0.2, 0.25) is 0 Å². The summed E-state index contributed by atoms with van der Waals surface area (Å²) in [7, 11) is 0. The van der Waals surface area contributed by atoms with Gasteiger partial charge in [0.2, 0.25) is 23.5 Å². The van der Waals surface area contributed by atoms with Gasteiger partial charge < -0.3 is 31.5 Å². The van der Waals surface area contributed by atoms with Gasteiger partial charge in [-0.3, -0.25) is 24.0 Å². The Kier molecular flexibility index (Phi) is 10.8. The van der Waals surface area contributed by atoms with Crippen LogP contribution in [0.3, 0.4) is 0 Å². The third-order valence-electron chi connectivity index (χ3n) is 9.16. The zero-order chi connectivity index (χ0) is 33.2. The van der Waals surface area contributed by atoms with Crippen LogP contribution in [0.4, 0.5) is 4.79 Å². The average molecular weight is 619 g/mol. The smallest absolute Gasteiger partial charge is 0.315 e. The van der Waals surface area contributed by atoms with Crippen LogP contribution in [-0.4, -0.2) is 89.0 Å². The highest BCUT2D eigenvalue weighted by Crippen LogP contribution is 2.34. The highest BCUT2D eigenvalue weighted by atomic mass is 16.2. The van der Waals surface area contributed by atoms with Gasteiger partial charge in [0.1, 0.15) is 12.1 Å². The molecule has 0 aromatic carbocycles. The molecule has 3 rings (SSSR count). The molecule has 2 heterocycles. The Labute approximate surface area is 262 Å². The van der Waals surface area contributed by atoms with Crippen molar-refractivity contribution in [3.05, 3.63) is 0 Å². The lowest BCUT2D eigenvalue weighted by Crippen LogP contribution is -2.62. The summed E-state index contributed by atoms with van der Waals surface area (Å²) >= 11 is 0. The number of primary amides is 1. The fraction of sp³-hybridized carbons (Fsp3) is 0.812. The van der Waals surface area contributed by atoms with Crippen LogP contribution in [0.25, 0.3) is 0 Å².